The molecule has 0 aliphatic heterocycles. The number of aryl methyl sites for hydroxylation is 2. The highest BCUT2D eigenvalue weighted by Gasteiger charge is 2.01. The number of thiophene rings is 1. The zero-order valence-electron chi connectivity index (χ0n) is 8.95. The van der Waals surface area contributed by atoms with E-state index in [1.165, 1.54) is 16.0 Å². The first-order chi connectivity index (χ1) is 7.27. The van der Waals surface area contributed by atoms with Crippen LogP contribution in [0.1, 0.15) is 16.0 Å². The molecule has 0 bridgehead atoms. The van der Waals surface area contributed by atoms with Crippen molar-refractivity contribution in [3.63, 3.8) is 0 Å². The number of nitrogens with zero attached hydrogens (tertiary/aromatic N) is 1. The third kappa shape index (κ3) is 2.36. The fourth-order valence-corrected chi connectivity index (χ4v) is 2.27. The summed E-state index contributed by atoms with van der Waals surface area (Å²) < 4.78 is 0. The van der Waals surface area contributed by atoms with Gasteiger partial charge in [0.1, 0.15) is 5.82 Å². The van der Waals surface area contributed by atoms with Crippen molar-refractivity contribution in [1.29, 1.82) is 0 Å². The number of hydrogen-bond acceptors (Lipinski definition) is 3. The number of pyridine rings is 1. The fraction of sp³-hybridized carbons (Fsp3) is 0.250. The molecule has 0 atom stereocenters. The molecule has 2 heterocycles. The standard InChI is InChI=1S/C12H14N2S/c1-9-5-7-15-11(9)8-14-12-10(2)4-3-6-13-12/h3-7H,8H2,1-2H3,(H,13,14). The van der Waals surface area contributed by atoms with E-state index < -0.39 is 0 Å². The molecular formula is C12H14N2S. The van der Waals surface area contributed by atoms with Crippen LogP contribution in [0.3, 0.4) is 0 Å². The van der Waals surface area contributed by atoms with E-state index >= 15 is 0 Å². The van der Waals surface area contributed by atoms with Crippen LogP contribution in [0, 0.1) is 13.8 Å². The van der Waals surface area contributed by atoms with Gasteiger partial charge in [0.05, 0.1) is 6.54 Å². The Labute approximate surface area is 94.0 Å². The molecule has 0 unspecified atom stereocenters. The van der Waals surface area contributed by atoms with Crippen LogP contribution in [0.25, 0.3) is 0 Å². The van der Waals surface area contributed by atoms with E-state index in [4.69, 9.17) is 0 Å². The molecule has 2 rings (SSSR count). The van der Waals surface area contributed by atoms with Gasteiger partial charge in [-0.1, -0.05) is 6.07 Å². The minimum atomic E-state index is 0.862. The van der Waals surface area contributed by atoms with E-state index in [0.29, 0.717) is 0 Å². The summed E-state index contributed by atoms with van der Waals surface area (Å²) in [4.78, 5) is 5.68. The first kappa shape index (κ1) is 10.2. The Morgan fingerprint density at radius 2 is 2.13 bits per heavy atom. The zero-order valence-corrected chi connectivity index (χ0v) is 9.77. The van der Waals surface area contributed by atoms with Gasteiger partial charge in [-0.25, -0.2) is 4.98 Å². The lowest BCUT2D eigenvalue weighted by molar-refractivity contribution is 1.11. The SMILES string of the molecule is Cc1cccnc1NCc1sccc1C. The normalized spacial score (nSPS) is 10.3. The predicted octanol–water partition coefficient (Wildman–Crippen LogP) is 3.37. The maximum Gasteiger partial charge on any atom is 0.129 e. The average Bonchev–Trinajstić information content (AvgIpc) is 2.63. The summed E-state index contributed by atoms with van der Waals surface area (Å²) >= 11 is 1.78. The summed E-state index contributed by atoms with van der Waals surface area (Å²) in [7, 11) is 0. The van der Waals surface area contributed by atoms with E-state index in [-0.39, 0.29) is 0 Å². The number of rotatable bonds is 3. The summed E-state index contributed by atoms with van der Waals surface area (Å²) in [5.74, 6) is 0.977. The highest BCUT2D eigenvalue weighted by Crippen LogP contribution is 2.18. The highest BCUT2D eigenvalue weighted by atomic mass is 32.1. The molecule has 0 fully saturated rings. The molecule has 0 aliphatic carbocycles. The Morgan fingerprint density at radius 1 is 1.27 bits per heavy atom. The maximum atomic E-state index is 4.30. The van der Waals surface area contributed by atoms with Gasteiger partial charge in [-0.15, -0.1) is 11.3 Å². The van der Waals surface area contributed by atoms with Gasteiger partial charge in [0, 0.05) is 11.1 Å². The summed E-state index contributed by atoms with van der Waals surface area (Å²) in [6, 6.07) is 6.17. The van der Waals surface area contributed by atoms with Crippen molar-refractivity contribution in [3.8, 4) is 0 Å². The van der Waals surface area contributed by atoms with Gasteiger partial charge in [-0.05, 0) is 42.5 Å². The van der Waals surface area contributed by atoms with Crippen LogP contribution < -0.4 is 5.32 Å². The highest BCUT2D eigenvalue weighted by molar-refractivity contribution is 7.10. The second-order valence-corrected chi connectivity index (χ2v) is 4.55. The molecule has 2 aromatic rings. The molecule has 0 aliphatic rings. The fourth-order valence-electron chi connectivity index (χ4n) is 1.42. The predicted molar refractivity (Wildman–Crippen MR) is 65.4 cm³/mol. The third-order valence-corrected chi connectivity index (χ3v) is 3.42. The lowest BCUT2D eigenvalue weighted by Crippen LogP contribution is -2.02. The summed E-state index contributed by atoms with van der Waals surface area (Å²) in [6.07, 6.45) is 1.82. The van der Waals surface area contributed by atoms with E-state index in [1.54, 1.807) is 11.3 Å². The third-order valence-electron chi connectivity index (χ3n) is 2.39. The Morgan fingerprint density at radius 3 is 2.80 bits per heavy atom. The van der Waals surface area contributed by atoms with Crippen LogP contribution in [-0.2, 0) is 6.54 Å². The molecule has 2 aromatic heterocycles. The lowest BCUT2D eigenvalue weighted by Gasteiger charge is -2.07. The Balaban J connectivity index is 2.06. The van der Waals surface area contributed by atoms with Gasteiger partial charge < -0.3 is 5.32 Å². The van der Waals surface area contributed by atoms with Gasteiger partial charge in [-0.2, -0.15) is 0 Å². The number of hydrogen-bond donors (Lipinski definition) is 1. The Bertz CT molecular complexity index is 448. The van der Waals surface area contributed by atoms with Crippen molar-refractivity contribution >= 4 is 17.2 Å². The molecule has 78 valence electrons. The molecule has 15 heavy (non-hydrogen) atoms. The van der Waals surface area contributed by atoms with Crippen LogP contribution in [0.2, 0.25) is 0 Å². The molecule has 0 saturated heterocycles. The molecule has 2 nitrogen and oxygen atoms in total. The molecular weight excluding hydrogens is 204 g/mol. The van der Waals surface area contributed by atoms with Crippen molar-refractivity contribution < 1.29 is 0 Å². The van der Waals surface area contributed by atoms with E-state index in [1.807, 2.05) is 12.3 Å². The van der Waals surface area contributed by atoms with Gasteiger partial charge in [0.2, 0.25) is 0 Å². The monoisotopic (exact) mass is 218 g/mol. The molecule has 3 heteroatoms. The minimum absolute atomic E-state index is 0.862. The molecule has 0 aromatic carbocycles. The van der Waals surface area contributed by atoms with Gasteiger partial charge in [0.25, 0.3) is 0 Å². The Kier molecular flexibility index (Phi) is 3.02. The minimum Gasteiger partial charge on any atom is -0.365 e. The van der Waals surface area contributed by atoms with Crippen molar-refractivity contribution in [2.45, 2.75) is 20.4 Å². The van der Waals surface area contributed by atoms with Gasteiger partial charge in [-0.3, -0.25) is 0 Å². The number of anilines is 1. The first-order valence-corrected chi connectivity index (χ1v) is 5.84. The molecule has 0 amide bonds. The second-order valence-electron chi connectivity index (χ2n) is 3.55. The smallest absolute Gasteiger partial charge is 0.129 e. The second kappa shape index (κ2) is 4.45. The lowest BCUT2D eigenvalue weighted by atomic mass is 10.2. The van der Waals surface area contributed by atoms with Gasteiger partial charge in [0.15, 0.2) is 0 Å². The van der Waals surface area contributed by atoms with Crippen LogP contribution in [0.15, 0.2) is 29.8 Å². The molecule has 1 N–H and O–H groups in total. The number of nitrogens with one attached hydrogen (secondary N) is 1. The van der Waals surface area contributed by atoms with Crippen LogP contribution >= 0.6 is 11.3 Å². The molecule has 0 saturated carbocycles. The van der Waals surface area contributed by atoms with Crippen LogP contribution in [0.4, 0.5) is 5.82 Å². The first-order valence-electron chi connectivity index (χ1n) is 4.96. The molecule has 0 radical (unpaired) electrons. The molecule has 0 spiro atoms. The van der Waals surface area contributed by atoms with Crippen molar-refractivity contribution in [2.75, 3.05) is 5.32 Å². The van der Waals surface area contributed by atoms with Crippen LogP contribution in [-0.4, -0.2) is 4.98 Å². The Hall–Kier alpha value is -1.35. The van der Waals surface area contributed by atoms with Crippen molar-refractivity contribution in [3.05, 3.63) is 45.8 Å². The quantitative estimate of drug-likeness (QED) is 0.854. The largest absolute Gasteiger partial charge is 0.365 e. The summed E-state index contributed by atoms with van der Waals surface area (Å²) in [5.41, 5.74) is 2.53. The average molecular weight is 218 g/mol. The summed E-state index contributed by atoms with van der Waals surface area (Å²) in [6.45, 7) is 5.07. The van der Waals surface area contributed by atoms with E-state index in [2.05, 4.69) is 41.7 Å². The maximum absolute atomic E-state index is 4.30. The zero-order chi connectivity index (χ0) is 10.7. The van der Waals surface area contributed by atoms with Crippen LogP contribution in [0.5, 0.6) is 0 Å². The topological polar surface area (TPSA) is 24.9 Å². The van der Waals surface area contributed by atoms with E-state index in [9.17, 15) is 0 Å². The number of aromatic nitrogens is 1. The van der Waals surface area contributed by atoms with Crippen molar-refractivity contribution in [1.82, 2.24) is 4.98 Å². The van der Waals surface area contributed by atoms with E-state index in [0.717, 1.165) is 12.4 Å². The summed E-state index contributed by atoms with van der Waals surface area (Å²) in [5, 5.41) is 5.48. The van der Waals surface area contributed by atoms with Crippen molar-refractivity contribution in [2.24, 2.45) is 0 Å². The van der Waals surface area contributed by atoms with Gasteiger partial charge >= 0.3 is 0 Å².